The van der Waals surface area contributed by atoms with E-state index in [0.29, 0.717) is 10.7 Å². The number of imide groups is 1. The van der Waals surface area contributed by atoms with Crippen molar-refractivity contribution in [2.45, 2.75) is 18.7 Å². The first-order valence-corrected chi connectivity index (χ1v) is 11.4. The molecule has 0 unspecified atom stereocenters. The average Bonchev–Trinajstić information content (AvgIpc) is 3.15. The van der Waals surface area contributed by atoms with Crippen LogP contribution in [-0.4, -0.2) is 24.9 Å². The Bertz CT molecular complexity index is 1390. The van der Waals surface area contributed by atoms with E-state index in [9.17, 15) is 18.0 Å². The molecule has 8 nitrogen and oxygen atoms in total. The van der Waals surface area contributed by atoms with Gasteiger partial charge in [-0.05, 0) is 74.0 Å². The number of aromatic nitrogens is 1. The maximum atomic E-state index is 12.9. The van der Waals surface area contributed by atoms with Gasteiger partial charge in [0.05, 0.1) is 10.6 Å². The van der Waals surface area contributed by atoms with Crippen molar-refractivity contribution in [3.8, 4) is 5.69 Å². The van der Waals surface area contributed by atoms with E-state index in [0.717, 1.165) is 27.5 Å². The zero-order valence-electron chi connectivity index (χ0n) is 17.2. The molecular formula is C22H19ClN4O4S. The van der Waals surface area contributed by atoms with Crippen LogP contribution in [0, 0.1) is 13.8 Å². The number of hydrogen-bond acceptors (Lipinski definition) is 4. The Morgan fingerprint density at radius 2 is 1.69 bits per heavy atom. The molecule has 10 heteroatoms. The summed E-state index contributed by atoms with van der Waals surface area (Å²) in [5, 5.41) is 8.19. The van der Waals surface area contributed by atoms with Gasteiger partial charge in [-0.2, -0.15) is 0 Å². The molecule has 0 bridgehead atoms. The molecule has 0 spiro atoms. The number of nitrogens with one attached hydrogen (secondary N) is 1. The van der Waals surface area contributed by atoms with Gasteiger partial charge in [-0.1, -0.05) is 17.7 Å². The molecule has 2 aromatic carbocycles. The minimum atomic E-state index is -3.78. The number of urea groups is 1. The number of anilines is 1. The van der Waals surface area contributed by atoms with Gasteiger partial charge in [-0.3, -0.25) is 4.79 Å². The Morgan fingerprint density at radius 3 is 2.31 bits per heavy atom. The lowest BCUT2D eigenvalue weighted by Gasteiger charge is -2.11. The number of aryl methyl sites for hydroxylation is 1. The standard InChI is InChI=1S/C22H19ClN4O4S/c1-13-10-15(14(2)26(13)17-6-8-19(9-7-17)32(24,30)31)11-20-21(28)27(22(29)25-20)18-5-3-4-16(23)12-18/h3-12H,1-2H3,(H,25,29)(H2,24,30,31). The largest absolute Gasteiger partial charge is 0.333 e. The molecule has 1 fully saturated rings. The molecule has 1 aliphatic rings. The number of carbonyl (C=O) groups excluding carboxylic acids is 2. The van der Waals surface area contributed by atoms with Crippen LogP contribution in [0.1, 0.15) is 17.0 Å². The number of rotatable bonds is 4. The second kappa shape index (κ2) is 7.94. The first-order chi connectivity index (χ1) is 15.1. The summed E-state index contributed by atoms with van der Waals surface area (Å²) in [6.45, 7) is 3.75. The molecule has 2 heterocycles. The third-order valence-corrected chi connectivity index (χ3v) is 6.30. The highest BCUT2D eigenvalue weighted by molar-refractivity contribution is 7.89. The Kier molecular flexibility index (Phi) is 5.41. The zero-order chi connectivity index (χ0) is 23.2. The second-order valence-corrected chi connectivity index (χ2v) is 9.31. The summed E-state index contributed by atoms with van der Waals surface area (Å²) in [6.07, 6.45) is 1.61. The molecule has 0 aliphatic carbocycles. The summed E-state index contributed by atoms with van der Waals surface area (Å²) >= 11 is 5.99. The number of amides is 3. The van der Waals surface area contributed by atoms with Crippen molar-refractivity contribution in [1.82, 2.24) is 9.88 Å². The molecule has 1 aromatic heterocycles. The lowest BCUT2D eigenvalue weighted by atomic mass is 10.2. The molecule has 3 aromatic rings. The van der Waals surface area contributed by atoms with Crippen molar-refractivity contribution < 1.29 is 18.0 Å². The molecule has 3 N–H and O–H groups in total. The van der Waals surface area contributed by atoms with Gasteiger partial charge in [-0.25, -0.2) is 23.3 Å². The maximum absolute atomic E-state index is 12.9. The normalized spacial score (nSPS) is 15.5. The van der Waals surface area contributed by atoms with Crippen molar-refractivity contribution in [3.63, 3.8) is 0 Å². The molecule has 3 amide bonds. The van der Waals surface area contributed by atoms with Crippen LogP contribution in [0.4, 0.5) is 10.5 Å². The average molecular weight is 471 g/mol. The Morgan fingerprint density at radius 1 is 1.00 bits per heavy atom. The van der Waals surface area contributed by atoms with Crippen LogP contribution in [0.3, 0.4) is 0 Å². The number of nitrogens with two attached hydrogens (primary N) is 1. The fourth-order valence-corrected chi connectivity index (χ4v) is 4.36. The minimum absolute atomic E-state index is 0.0198. The number of primary sulfonamides is 1. The monoisotopic (exact) mass is 470 g/mol. The fraction of sp³-hybridized carbons (Fsp3) is 0.0909. The van der Waals surface area contributed by atoms with Crippen molar-refractivity contribution in [3.05, 3.63) is 82.3 Å². The minimum Gasteiger partial charge on any atom is -0.318 e. The summed E-state index contributed by atoms with van der Waals surface area (Å²) < 4.78 is 24.9. The van der Waals surface area contributed by atoms with Crippen molar-refractivity contribution >= 4 is 45.3 Å². The summed E-state index contributed by atoms with van der Waals surface area (Å²) in [7, 11) is -3.78. The van der Waals surface area contributed by atoms with Crippen molar-refractivity contribution in [1.29, 1.82) is 0 Å². The van der Waals surface area contributed by atoms with Gasteiger partial charge in [0.1, 0.15) is 5.70 Å². The van der Waals surface area contributed by atoms with E-state index in [1.54, 1.807) is 42.5 Å². The maximum Gasteiger partial charge on any atom is 0.333 e. The van der Waals surface area contributed by atoms with E-state index >= 15 is 0 Å². The van der Waals surface area contributed by atoms with Gasteiger partial charge < -0.3 is 9.88 Å². The predicted molar refractivity (Wildman–Crippen MR) is 122 cm³/mol. The Labute approximate surface area is 189 Å². The van der Waals surface area contributed by atoms with Gasteiger partial charge >= 0.3 is 6.03 Å². The van der Waals surface area contributed by atoms with E-state index < -0.39 is 22.0 Å². The molecule has 1 aliphatic heterocycles. The van der Waals surface area contributed by atoms with E-state index in [-0.39, 0.29) is 10.6 Å². The lowest BCUT2D eigenvalue weighted by Crippen LogP contribution is -2.30. The van der Waals surface area contributed by atoms with E-state index in [1.165, 1.54) is 12.1 Å². The van der Waals surface area contributed by atoms with Crippen molar-refractivity contribution in [2.75, 3.05) is 4.90 Å². The molecule has 1 saturated heterocycles. The smallest absolute Gasteiger partial charge is 0.318 e. The molecule has 0 saturated carbocycles. The highest BCUT2D eigenvalue weighted by Crippen LogP contribution is 2.27. The number of halogens is 1. The lowest BCUT2D eigenvalue weighted by molar-refractivity contribution is -0.113. The highest BCUT2D eigenvalue weighted by atomic mass is 35.5. The summed E-state index contributed by atoms with van der Waals surface area (Å²) in [4.78, 5) is 26.4. The number of carbonyl (C=O) groups is 2. The number of sulfonamides is 1. The molecule has 4 rings (SSSR count). The van der Waals surface area contributed by atoms with E-state index in [2.05, 4.69) is 5.32 Å². The van der Waals surface area contributed by atoms with Crippen LogP contribution in [-0.2, 0) is 14.8 Å². The van der Waals surface area contributed by atoms with Gasteiger partial charge in [0.2, 0.25) is 10.0 Å². The van der Waals surface area contributed by atoms with E-state index in [1.807, 2.05) is 24.5 Å². The highest BCUT2D eigenvalue weighted by Gasteiger charge is 2.35. The van der Waals surface area contributed by atoms with Gasteiger partial charge in [0.25, 0.3) is 5.91 Å². The fourth-order valence-electron chi connectivity index (χ4n) is 3.66. The topological polar surface area (TPSA) is 114 Å². The number of nitrogens with zero attached hydrogens (tertiary/aromatic N) is 2. The number of benzene rings is 2. The molecular weight excluding hydrogens is 452 g/mol. The summed E-state index contributed by atoms with van der Waals surface area (Å²) in [5.74, 6) is -0.487. The van der Waals surface area contributed by atoms with Crippen LogP contribution in [0.15, 0.2) is 65.2 Å². The molecule has 0 atom stereocenters. The van der Waals surface area contributed by atoms with Crippen LogP contribution in [0.2, 0.25) is 5.02 Å². The second-order valence-electron chi connectivity index (χ2n) is 7.31. The first kappa shape index (κ1) is 21.8. The quantitative estimate of drug-likeness (QED) is 0.448. The Hall–Kier alpha value is -3.40. The zero-order valence-corrected chi connectivity index (χ0v) is 18.7. The molecule has 32 heavy (non-hydrogen) atoms. The predicted octanol–water partition coefficient (Wildman–Crippen LogP) is 3.49. The van der Waals surface area contributed by atoms with Crippen LogP contribution in [0.5, 0.6) is 0 Å². The summed E-state index contributed by atoms with van der Waals surface area (Å²) in [6, 6.07) is 14.0. The van der Waals surface area contributed by atoms with Gasteiger partial charge in [0, 0.05) is 22.1 Å². The van der Waals surface area contributed by atoms with Crippen LogP contribution in [0.25, 0.3) is 11.8 Å². The molecule has 0 radical (unpaired) electrons. The number of hydrogen-bond donors (Lipinski definition) is 2. The van der Waals surface area contributed by atoms with Crippen LogP contribution < -0.4 is 15.4 Å². The third kappa shape index (κ3) is 3.93. The van der Waals surface area contributed by atoms with Crippen molar-refractivity contribution in [2.24, 2.45) is 5.14 Å². The van der Waals surface area contributed by atoms with E-state index in [4.69, 9.17) is 16.7 Å². The van der Waals surface area contributed by atoms with Crippen LogP contribution >= 0.6 is 11.6 Å². The van der Waals surface area contributed by atoms with Gasteiger partial charge in [-0.15, -0.1) is 0 Å². The SMILES string of the molecule is Cc1cc(C=C2NC(=O)N(c3cccc(Cl)c3)C2=O)c(C)n1-c1ccc(S(N)(=O)=O)cc1. The first-order valence-electron chi connectivity index (χ1n) is 9.51. The third-order valence-electron chi connectivity index (χ3n) is 5.14. The summed E-state index contributed by atoms with van der Waals surface area (Å²) in [5.41, 5.74) is 3.65. The Balaban J connectivity index is 1.69. The molecule has 164 valence electrons. The van der Waals surface area contributed by atoms with Gasteiger partial charge in [0.15, 0.2) is 0 Å².